The summed E-state index contributed by atoms with van der Waals surface area (Å²) in [5, 5.41) is 21.1. The third-order valence-electron chi connectivity index (χ3n) is 7.69. The van der Waals surface area contributed by atoms with Crippen molar-refractivity contribution in [3.8, 4) is 0 Å². The van der Waals surface area contributed by atoms with Crippen LogP contribution in [0.4, 0.5) is 0 Å². The number of likely N-dealkylation sites (tertiary alicyclic amines) is 1. The molecule has 4 rings (SSSR count). The first kappa shape index (κ1) is 30.7. The highest BCUT2D eigenvalue weighted by Gasteiger charge is 2.44. The average molecular weight is 585 g/mol. The van der Waals surface area contributed by atoms with Gasteiger partial charge in [-0.25, -0.2) is 14.7 Å². The number of nitrogens with one attached hydrogen (secondary N) is 1. The maximum Gasteiger partial charge on any atom is 0.333 e. The number of ketones is 1. The molecule has 0 bridgehead atoms. The normalized spacial score (nSPS) is 20.8. The number of aliphatic hydroxyl groups is 1. The van der Waals surface area contributed by atoms with Crippen LogP contribution in [0.25, 0.3) is 0 Å². The van der Waals surface area contributed by atoms with Gasteiger partial charge in [-0.15, -0.1) is 5.10 Å². The van der Waals surface area contributed by atoms with E-state index in [1.807, 2.05) is 0 Å². The summed E-state index contributed by atoms with van der Waals surface area (Å²) >= 11 is 0. The standard InChI is InChI=1S/C27H36N8O7/c1-15(21(36)22(28)37)31-23(38)19-12-17(35-20(13-30-33-35)27(2,3)41)14-34(19)26(40)18(11-16-7-5-4-6-8-16)32-24(39)25-29-9-10-42-25/h9-10,13,15-17,19,41H,4-8,11-12,14H2,1-3H3,(H2,28,37)(H,31,38)/b32-18+/t15?,17-,19-/m0/s1. The van der Waals surface area contributed by atoms with Crippen LogP contribution in [0, 0.1) is 5.92 Å². The molecule has 2 aromatic rings. The van der Waals surface area contributed by atoms with Gasteiger partial charge in [-0.2, -0.15) is 0 Å². The van der Waals surface area contributed by atoms with Gasteiger partial charge in [0.1, 0.15) is 23.6 Å². The molecule has 1 aliphatic heterocycles. The Morgan fingerprint density at radius 2 is 1.93 bits per heavy atom. The number of aromatic nitrogens is 4. The van der Waals surface area contributed by atoms with Gasteiger partial charge in [0.2, 0.25) is 11.7 Å². The van der Waals surface area contributed by atoms with Gasteiger partial charge in [-0.1, -0.05) is 37.3 Å². The molecule has 1 unspecified atom stereocenters. The summed E-state index contributed by atoms with van der Waals surface area (Å²) in [6.07, 6.45) is 9.00. The molecule has 2 fully saturated rings. The summed E-state index contributed by atoms with van der Waals surface area (Å²) < 4.78 is 6.54. The molecule has 1 saturated heterocycles. The number of oxazole rings is 1. The molecule has 0 radical (unpaired) electrons. The molecule has 226 valence electrons. The van der Waals surface area contributed by atoms with Crippen molar-refractivity contribution in [1.82, 2.24) is 30.2 Å². The van der Waals surface area contributed by atoms with Gasteiger partial charge in [0, 0.05) is 13.0 Å². The minimum atomic E-state index is -1.32. The predicted molar refractivity (Wildman–Crippen MR) is 146 cm³/mol. The monoisotopic (exact) mass is 584 g/mol. The van der Waals surface area contributed by atoms with Crippen LogP contribution in [0.1, 0.15) is 88.1 Å². The van der Waals surface area contributed by atoms with Gasteiger partial charge in [-0.05, 0) is 33.1 Å². The van der Waals surface area contributed by atoms with E-state index in [2.05, 4.69) is 25.6 Å². The quantitative estimate of drug-likeness (QED) is 0.259. The number of primary amides is 1. The van der Waals surface area contributed by atoms with E-state index in [1.54, 1.807) is 13.8 Å². The maximum atomic E-state index is 14.1. The van der Waals surface area contributed by atoms with Crippen LogP contribution in [0.15, 0.2) is 28.1 Å². The molecule has 0 aromatic carbocycles. The van der Waals surface area contributed by atoms with Crippen LogP contribution in [-0.2, 0) is 24.8 Å². The van der Waals surface area contributed by atoms with Crippen molar-refractivity contribution in [2.24, 2.45) is 16.6 Å². The van der Waals surface area contributed by atoms with Crippen molar-refractivity contribution < 1.29 is 33.5 Å². The van der Waals surface area contributed by atoms with E-state index in [-0.39, 0.29) is 36.9 Å². The molecule has 1 saturated carbocycles. The van der Waals surface area contributed by atoms with E-state index < -0.39 is 53.1 Å². The molecular weight excluding hydrogens is 548 g/mol. The first-order chi connectivity index (χ1) is 19.9. The highest BCUT2D eigenvalue weighted by Crippen LogP contribution is 2.33. The lowest BCUT2D eigenvalue weighted by Gasteiger charge is -2.27. The molecule has 4 amide bonds. The van der Waals surface area contributed by atoms with Gasteiger partial charge in [0.05, 0.1) is 30.2 Å². The fraction of sp³-hybridized carbons (Fsp3) is 0.593. The Morgan fingerprint density at radius 3 is 2.55 bits per heavy atom. The number of carbonyl (C=O) groups excluding carboxylic acids is 5. The van der Waals surface area contributed by atoms with Crippen molar-refractivity contribution in [2.45, 2.75) is 89.4 Å². The predicted octanol–water partition coefficient (Wildman–Crippen LogP) is 0.446. The largest absolute Gasteiger partial charge is 0.441 e. The third-order valence-corrected chi connectivity index (χ3v) is 7.69. The van der Waals surface area contributed by atoms with Crippen molar-refractivity contribution in [3.05, 3.63) is 30.2 Å². The molecular formula is C27H36N8O7. The lowest BCUT2D eigenvalue weighted by Crippen LogP contribution is -2.52. The fourth-order valence-electron chi connectivity index (χ4n) is 5.51. The third kappa shape index (κ3) is 6.95. The maximum absolute atomic E-state index is 14.1. The number of Topliss-reactive ketones (excluding diaryl/α,β-unsaturated/α-hetero) is 1. The highest BCUT2D eigenvalue weighted by atomic mass is 16.3. The van der Waals surface area contributed by atoms with E-state index in [1.165, 1.54) is 35.2 Å². The number of aliphatic imine (C=N–C) groups is 1. The Kier molecular flexibility index (Phi) is 9.29. The fourth-order valence-corrected chi connectivity index (χ4v) is 5.51. The zero-order valence-electron chi connectivity index (χ0n) is 23.9. The molecule has 15 heteroatoms. The zero-order chi connectivity index (χ0) is 30.6. The second-order valence-corrected chi connectivity index (χ2v) is 11.4. The molecule has 3 atom stereocenters. The number of hydrogen-bond acceptors (Lipinski definition) is 10. The van der Waals surface area contributed by atoms with Crippen LogP contribution in [0.5, 0.6) is 0 Å². The molecule has 15 nitrogen and oxygen atoms in total. The molecule has 2 aliphatic rings. The summed E-state index contributed by atoms with van der Waals surface area (Å²) in [5.41, 5.74) is 4.10. The van der Waals surface area contributed by atoms with Gasteiger partial charge < -0.3 is 25.5 Å². The number of hydrogen-bond donors (Lipinski definition) is 3. The Hall–Kier alpha value is -4.27. The smallest absolute Gasteiger partial charge is 0.333 e. The Morgan fingerprint density at radius 1 is 1.21 bits per heavy atom. The van der Waals surface area contributed by atoms with E-state index in [0.717, 1.165) is 32.1 Å². The number of rotatable bonds is 10. The zero-order valence-corrected chi connectivity index (χ0v) is 23.9. The Labute approximate surface area is 241 Å². The molecule has 0 spiro atoms. The van der Waals surface area contributed by atoms with Gasteiger partial charge in [0.15, 0.2) is 0 Å². The first-order valence-corrected chi connectivity index (χ1v) is 14.0. The molecule has 2 aromatic heterocycles. The second-order valence-electron chi connectivity index (χ2n) is 11.4. The summed E-state index contributed by atoms with van der Waals surface area (Å²) in [6.45, 7) is 4.41. The van der Waals surface area contributed by atoms with Gasteiger partial charge >= 0.3 is 5.91 Å². The van der Waals surface area contributed by atoms with Crippen LogP contribution in [-0.4, -0.2) is 83.7 Å². The van der Waals surface area contributed by atoms with E-state index in [0.29, 0.717) is 5.69 Å². The lowest BCUT2D eigenvalue weighted by molar-refractivity contribution is -0.139. The van der Waals surface area contributed by atoms with Crippen LogP contribution >= 0.6 is 0 Å². The van der Waals surface area contributed by atoms with E-state index >= 15 is 0 Å². The van der Waals surface area contributed by atoms with E-state index in [4.69, 9.17) is 10.2 Å². The minimum Gasteiger partial charge on any atom is -0.441 e. The summed E-state index contributed by atoms with van der Waals surface area (Å²) in [6, 6.07) is -2.95. The van der Waals surface area contributed by atoms with Crippen molar-refractivity contribution in [1.29, 1.82) is 0 Å². The van der Waals surface area contributed by atoms with Crippen molar-refractivity contribution >= 4 is 35.1 Å². The van der Waals surface area contributed by atoms with Crippen LogP contribution in [0.3, 0.4) is 0 Å². The minimum absolute atomic E-state index is 0.0294. The van der Waals surface area contributed by atoms with Crippen molar-refractivity contribution in [2.75, 3.05) is 6.54 Å². The van der Waals surface area contributed by atoms with Crippen LogP contribution < -0.4 is 11.1 Å². The first-order valence-electron chi connectivity index (χ1n) is 14.0. The van der Waals surface area contributed by atoms with Gasteiger partial charge in [0.25, 0.3) is 17.7 Å². The summed E-state index contributed by atoms with van der Waals surface area (Å²) in [4.78, 5) is 73.2. The summed E-state index contributed by atoms with van der Waals surface area (Å²) in [5.74, 6) is -4.51. The second kappa shape index (κ2) is 12.7. The van der Waals surface area contributed by atoms with Crippen LogP contribution in [0.2, 0.25) is 0 Å². The highest BCUT2D eigenvalue weighted by molar-refractivity contribution is 6.41. The molecule has 4 N–H and O–H groups in total. The molecule has 3 heterocycles. The number of amides is 4. The molecule has 1 aliphatic carbocycles. The molecule has 42 heavy (non-hydrogen) atoms. The van der Waals surface area contributed by atoms with Gasteiger partial charge in [-0.3, -0.25) is 24.0 Å². The summed E-state index contributed by atoms with van der Waals surface area (Å²) in [7, 11) is 0. The lowest BCUT2D eigenvalue weighted by atomic mass is 9.85. The number of carbonyl (C=O) groups is 5. The van der Waals surface area contributed by atoms with Crippen molar-refractivity contribution in [3.63, 3.8) is 0 Å². The topological polar surface area (TPSA) is 216 Å². The Bertz CT molecular complexity index is 1350. The number of nitrogens with zero attached hydrogens (tertiary/aromatic N) is 6. The average Bonchev–Trinajstić information content (AvgIpc) is 3.72. The number of nitrogens with two attached hydrogens (primary N) is 1. The van der Waals surface area contributed by atoms with E-state index in [9.17, 15) is 29.1 Å². The SMILES string of the molecule is CC(NC(=O)[C@@H]1C[C@H](n2nncc2C(C)(C)O)CN1C(=O)/C(CC1CCCCC1)=N/C(=O)c1ncco1)C(=O)C(N)=O. The Balaban J connectivity index is 1.68.